The molecule has 0 spiro atoms. The number of methoxy groups -OCH3 is 1. The third-order valence-electron chi connectivity index (χ3n) is 8.75. The highest BCUT2D eigenvalue weighted by Gasteiger charge is 2.02. The molecule has 0 aliphatic carbocycles. The molecule has 77 heavy (non-hydrogen) atoms. The number of aliphatic hydroxyl groups is 2. The van der Waals surface area contributed by atoms with E-state index < -0.39 is 12.3 Å². The molecule has 27 nitrogen and oxygen atoms in total. The predicted molar refractivity (Wildman–Crippen MR) is 276 cm³/mol. The first kappa shape index (κ1) is 77.3. The van der Waals surface area contributed by atoms with Crippen LogP contribution in [0.2, 0.25) is 0 Å². The van der Waals surface area contributed by atoms with E-state index in [1.807, 2.05) is 0 Å². The van der Waals surface area contributed by atoms with Crippen LogP contribution in [0, 0.1) is 0 Å². The van der Waals surface area contributed by atoms with Gasteiger partial charge in [-0.1, -0.05) is 6.58 Å². The van der Waals surface area contributed by atoms with Gasteiger partial charge in [0.05, 0.1) is 297 Å². The van der Waals surface area contributed by atoms with E-state index in [2.05, 4.69) is 11.3 Å². The number of hydrogen-bond acceptors (Lipinski definition) is 26. The maximum absolute atomic E-state index is 9.25. The van der Waals surface area contributed by atoms with Gasteiger partial charge in [-0.05, 0) is 0 Å². The molecule has 0 saturated carbocycles. The molecule has 0 fully saturated rings. The highest BCUT2D eigenvalue weighted by atomic mass is 16.6. The summed E-state index contributed by atoms with van der Waals surface area (Å²) in [6, 6.07) is 0. The van der Waals surface area contributed by atoms with Gasteiger partial charge < -0.3 is 124 Å². The van der Waals surface area contributed by atoms with Gasteiger partial charge in [-0.2, -0.15) is 0 Å². The van der Waals surface area contributed by atoms with Crippen molar-refractivity contribution < 1.29 is 129 Å². The van der Waals surface area contributed by atoms with Crippen molar-refractivity contribution in [1.82, 2.24) is 0 Å². The Labute approximate surface area is 457 Å². The normalized spacial score (nSPS) is 11.8. The first-order valence-electron chi connectivity index (χ1n) is 26.5. The second-order valence-electron chi connectivity index (χ2n) is 14.9. The Morgan fingerprint density at radius 2 is 0.416 bits per heavy atom. The summed E-state index contributed by atoms with van der Waals surface area (Å²) in [4.78, 5) is 9.25. The van der Waals surface area contributed by atoms with E-state index in [0.717, 1.165) is 6.08 Å². The zero-order valence-electron chi connectivity index (χ0n) is 46.3. The summed E-state index contributed by atoms with van der Waals surface area (Å²) in [5, 5.41) is 25.4. The Bertz CT molecular complexity index is 1080. The van der Waals surface area contributed by atoms with E-state index in [-0.39, 0.29) is 13.2 Å². The number of carbonyl (C=O) groups is 1. The third-order valence-corrected chi connectivity index (χ3v) is 8.75. The predicted octanol–water partition coefficient (Wildman–Crippen LogP) is -0.434. The van der Waals surface area contributed by atoms with Crippen LogP contribution >= 0.6 is 0 Å². The molecule has 3 N–H and O–H groups in total. The van der Waals surface area contributed by atoms with Gasteiger partial charge in [-0.25, -0.2) is 4.79 Å². The molecular weight excluding hydrogens is 1030 g/mol. The molecule has 0 aromatic rings. The van der Waals surface area contributed by atoms with Gasteiger partial charge in [0.15, 0.2) is 6.29 Å². The largest absolute Gasteiger partial charge is 0.478 e. The average Bonchev–Trinajstić information content (AvgIpc) is 3.44. The van der Waals surface area contributed by atoms with E-state index in [0.29, 0.717) is 284 Å². The van der Waals surface area contributed by atoms with Crippen LogP contribution in [0.3, 0.4) is 0 Å². The molecule has 0 rings (SSSR count). The Morgan fingerprint density at radius 1 is 0.299 bits per heavy atom. The second-order valence-corrected chi connectivity index (χ2v) is 14.9. The van der Waals surface area contributed by atoms with E-state index in [1.54, 1.807) is 0 Å². The molecule has 0 aliphatic rings. The summed E-state index contributed by atoms with van der Waals surface area (Å²) in [5.41, 5.74) is 0. The monoisotopic (exact) mass is 1130 g/mol. The van der Waals surface area contributed by atoms with Crippen molar-refractivity contribution in [3.8, 4) is 0 Å². The van der Waals surface area contributed by atoms with Crippen molar-refractivity contribution in [2.75, 3.05) is 304 Å². The lowest BCUT2D eigenvalue weighted by atomic mass is 10.6. The van der Waals surface area contributed by atoms with Crippen LogP contribution in [-0.2, 0) is 114 Å². The van der Waals surface area contributed by atoms with Crippen LogP contribution < -0.4 is 0 Å². The van der Waals surface area contributed by atoms with Crippen LogP contribution in [0.5, 0.6) is 0 Å². The minimum Gasteiger partial charge on any atom is -0.478 e. The lowest BCUT2D eigenvalue weighted by Crippen LogP contribution is -2.19. The highest BCUT2D eigenvalue weighted by Crippen LogP contribution is 1.91. The zero-order chi connectivity index (χ0) is 55.9. The summed E-state index contributed by atoms with van der Waals surface area (Å²) in [6.45, 7) is 23.6. The lowest BCUT2D eigenvalue weighted by Gasteiger charge is -2.10. The zero-order valence-corrected chi connectivity index (χ0v) is 46.3. The Morgan fingerprint density at radius 3 is 0.519 bits per heavy atom. The molecule has 0 heterocycles. The van der Waals surface area contributed by atoms with E-state index >= 15 is 0 Å². The van der Waals surface area contributed by atoms with Gasteiger partial charge in [-0.15, -0.1) is 0 Å². The third kappa shape index (κ3) is 78.5. The maximum atomic E-state index is 9.25. The Kier molecular flexibility index (Phi) is 74.5. The first-order valence-corrected chi connectivity index (χ1v) is 26.5. The molecule has 462 valence electrons. The van der Waals surface area contributed by atoms with Gasteiger partial charge in [-0.3, -0.25) is 0 Å². The molecule has 0 saturated heterocycles. The SMILES string of the molecule is C=CC(=O)O.COC(O)COCCOCCOCCOCCOCCOCCOCCOCCOCCOCCOCCOCCOCCOCCOCCOCCOCCOCCOCCOCCOCCOCCO. The van der Waals surface area contributed by atoms with Crippen molar-refractivity contribution in [3.63, 3.8) is 0 Å². The van der Waals surface area contributed by atoms with Crippen molar-refractivity contribution in [2.24, 2.45) is 0 Å². The van der Waals surface area contributed by atoms with Crippen molar-refractivity contribution in [3.05, 3.63) is 12.7 Å². The molecule has 0 aromatic carbocycles. The second kappa shape index (κ2) is 74.2. The van der Waals surface area contributed by atoms with E-state index in [4.69, 9.17) is 114 Å². The van der Waals surface area contributed by atoms with Gasteiger partial charge in [0.2, 0.25) is 0 Å². The van der Waals surface area contributed by atoms with E-state index in [1.165, 1.54) is 7.11 Å². The summed E-state index contributed by atoms with van der Waals surface area (Å²) in [7, 11) is 1.41. The smallest absolute Gasteiger partial charge is 0.327 e. The fourth-order valence-electron chi connectivity index (χ4n) is 4.93. The minimum absolute atomic E-state index is 0.0179. The van der Waals surface area contributed by atoms with Crippen LogP contribution in [-0.4, -0.2) is 332 Å². The van der Waals surface area contributed by atoms with E-state index in [9.17, 15) is 9.90 Å². The topological polar surface area (TPSA) is 290 Å². The average molecular weight is 1130 g/mol. The van der Waals surface area contributed by atoms with Crippen LogP contribution in [0.1, 0.15) is 0 Å². The molecule has 0 radical (unpaired) electrons. The van der Waals surface area contributed by atoms with Crippen molar-refractivity contribution >= 4 is 5.97 Å². The summed E-state index contributed by atoms with van der Waals surface area (Å²) in [6.07, 6.45) is -0.0774. The summed E-state index contributed by atoms with van der Waals surface area (Å²) in [5.74, 6) is -0.981. The number of carboxylic acids is 1. The lowest BCUT2D eigenvalue weighted by molar-refractivity contribution is -0.131. The molecule has 0 aliphatic heterocycles. The molecule has 0 aromatic heterocycles. The van der Waals surface area contributed by atoms with Crippen LogP contribution in [0.4, 0.5) is 0 Å². The fraction of sp³-hybridized carbons (Fsp3) is 0.940. The number of carboxylic acid groups (broad SMARTS) is 1. The molecule has 1 unspecified atom stereocenters. The number of aliphatic hydroxyl groups excluding tert-OH is 2. The Balaban J connectivity index is 0. The first-order chi connectivity index (χ1) is 38.1. The molecule has 27 heteroatoms. The minimum atomic E-state index is -0.981. The summed E-state index contributed by atoms with van der Waals surface area (Å²) >= 11 is 0. The van der Waals surface area contributed by atoms with Crippen LogP contribution in [0.15, 0.2) is 12.7 Å². The fourth-order valence-corrected chi connectivity index (χ4v) is 4.93. The van der Waals surface area contributed by atoms with Gasteiger partial charge in [0.25, 0.3) is 0 Å². The van der Waals surface area contributed by atoms with Crippen molar-refractivity contribution in [2.45, 2.75) is 6.29 Å². The standard InChI is InChI=1S/C47H96O25.C3H4O2/c1-50-47(49)46-72-45-44-71-43-42-70-41-40-69-39-38-68-37-36-67-35-34-66-33-32-65-31-30-64-29-28-63-27-26-62-25-24-61-23-22-60-21-20-59-19-18-58-17-16-57-15-14-56-13-12-55-11-10-54-9-8-53-7-6-52-5-4-51-3-2-48;1-2-3(4)5/h47-49H,2-46H2,1H3;2H,1H2,(H,4,5). The van der Waals surface area contributed by atoms with Crippen LogP contribution in [0.25, 0.3) is 0 Å². The quantitative estimate of drug-likeness (QED) is 0.0395. The summed E-state index contributed by atoms with van der Waals surface area (Å²) < 4.78 is 124. The number of aliphatic carboxylic acids is 1. The highest BCUT2D eigenvalue weighted by molar-refractivity contribution is 5.78. The number of rotatable bonds is 69. The molecular formula is C50H100O27. The molecule has 1 atom stereocenters. The number of hydrogen-bond donors (Lipinski definition) is 3. The molecule has 0 bridgehead atoms. The number of ether oxygens (including phenoxy) is 23. The Hall–Kier alpha value is -1.79. The van der Waals surface area contributed by atoms with Gasteiger partial charge >= 0.3 is 5.97 Å². The van der Waals surface area contributed by atoms with Gasteiger partial charge in [0, 0.05) is 13.2 Å². The van der Waals surface area contributed by atoms with Crippen molar-refractivity contribution in [1.29, 1.82) is 0 Å². The van der Waals surface area contributed by atoms with Gasteiger partial charge in [0.1, 0.15) is 0 Å². The molecule has 0 amide bonds. The maximum Gasteiger partial charge on any atom is 0.327 e.